The zero-order chi connectivity index (χ0) is 80.9. The van der Waals surface area contributed by atoms with E-state index in [0.29, 0.717) is 71.4 Å². The summed E-state index contributed by atoms with van der Waals surface area (Å²) in [7, 11) is 2.62. The number of H-pyrrole nitrogens is 4. The first-order valence-electron chi connectivity index (χ1n) is 34.4. The third-order valence-corrected chi connectivity index (χ3v) is 20.0. The van der Waals surface area contributed by atoms with E-state index in [4.69, 9.17) is 27.0 Å². The second kappa shape index (κ2) is 32.7. The SMILES string of the molecule is CC(=O)c1cccc(NC(=O)c2c(C#N)c(Sc3ccccc3)n3[nH]c(C)nc23)c1.COC(=O)c1c(C#N)c(N2C(=O)c3ccccc3C2=O)n2[nH]c(-c3cccc(C)c3)nc12.COOCc1cn2[nH]c(-c3cccc(C)c3)nc2c1C#N.N#Cc1c(C(N)=O)c2nc(-c3cccc(Cl)c3)[nH]n2c1Sc1nnnn1-c1ccccc1. The molecule has 115 heavy (non-hydrogen) atoms. The number of tetrazole rings is 1. The van der Waals surface area contributed by atoms with E-state index in [2.05, 4.69) is 84.3 Å². The largest absolute Gasteiger partial charge is 0.465 e. The first-order valence-corrected chi connectivity index (χ1v) is 36.4. The van der Waals surface area contributed by atoms with Crippen molar-refractivity contribution in [1.82, 2.24) is 78.6 Å². The quantitative estimate of drug-likeness (QED) is 0.0162. The Balaban J connectivity index is 0.000000128. The molecule has 7 N–H and O–H groups in total. The average molecular weight is 1590 g/mol. The minimum atomic E-state index is -0.802. The molecule has 1 aliphatic rings. The van der Waals surface area contributed by atoms with Gasteiger partial charge in [0, 0.05) is 49.6 Å². The molecule has 4 amide bonds. The van der Waals surface area contributed by atoms with E-state index < -0.39 is 29.6 Å². The highest BCUT2D eigenvalue weighted by Gasteiger charge is 2.42. The summed E-state index contributed by atoms with van der Waals surface area (Å²) in [5, 5.41) is 67.8. The average Bonchev–Trinajstić information content (AvgIpc) is 1.57. The number of aromatic amines is 4. The number of fused-ring (bicyclic) bond motifs is 5. The minimum Gasteiger partial charge on any atom is -0.465 e. The number of hydrogen-bond donors (Lipinski definition) is 6. The van der Waals surface area contributed by atoms with Gasteiger partial charge in [-0.25, -0.2) is 57.5 Å². The molecule has 0 atom stereocenters. The Hall–Kier alpha value is -15.3. The predicted molar refractivity (Wildman–Crippen MR) is 420 cm³/mol. The first kappa shape index (κ1) is 76.5. The van der Waals surface area contributed by atoms with Gasteiger partial charge in [-0.05, 0) is 123 Å². The van der Waals surface area contributed by atoms with Crippen molar-refractivity contribution in [3.05, 3.63) is 271 Å². The second-order valence-corrected chi connectivity index (χ2v) is 27.7. The summed E-state index contributed by atoms with van der Waals surface area (Å²) >= 11 is 8.59. The number of carbonyl (C=O) groups is 6. The van der Waals surface area contributed by atoms with Crippen LogP contribution >= 0.6 is 35.1 Å². The number of nitrogens with zero attached hydrogens (tertiary/aromatic N) is 17. The van der Waals surface area contributed by atoms with Gasteiger partial charge in [-0.15, -0.1) is 5.10 Å². The summed E-state index contributed by atoms with van der Waals surface area (Å²) in [4.78, 5) is 105. The van der Waals surface area contributed by atoms with Gasteiger partial charge in [0.05, 0.1) is 31.0 Å². The lowest BCUT2D eigenvalue weighted by atomic mass is 10.1. The zero-order valence-electron chi connectivity index (χ0n) is 61.2. The number of hydrogen-bond acceptors (Lipinski definition) is 22. The van der Waals surface area contributed by atoms with Crippen LogP contribution in [0.4, 0.5) is 11.5 Å². The number of aryl methyl sites for hydroxylation is 3. The molecule has 17 rings (SSSR count). The van der Waals surface area contributed by atoms with E-state index in [0.717, 1.165) is 60.9 Å². The van der Waals surface area contributed by atoms with Crippen LogP contribution in [0.15, 0.2) is 208 Å². The van der Waals surface area contributed by atoms with Crippen LogP contribution in [0.3, 0.4) is 0 Å². The fraction of sp³-hybridized carbons (Fsp3) is 0.0875. The highest BCUT2D eigenvalue weighted by Crippen LogP contribution is 2.40. The molecule has 10 heterocycles. The highest BCUT2D eigenvalue weighted by atomic mass is 35.5. The number of amides is 4. The van der Waals surface area contributed by atoms with E-state index >= 15 is 0 Å². The van der Waals surface area contributed by atoms with Crippen LogP contribution in [-0.4, -0.2) is 128 Å². The molecule has 7 aromatic carbocycles. The summed E-state index contributed by atoms with van der Waals surface area (Å²) in [6.07, 6.45) is 1.79. The highest BCUT2D eigenvalue weighted by molar-refractivity contribution is 7.99. The Bertz CT molecular complexity index is 6720. The molecule has 35 heteroatoms. The minimum absolute atomic E-state index is 0.0123. The summed E-state index contributed by atoms with van der Waals surface area (Å²) in [5.41, 5.74) is 15.0. The smallest absolute Gasteiger partial charge is 0.343 e. The van der Waals surface area contributed by atoms with Crippen LogP contribution in [0.25, 0.3) is 62.4 Å². The van der Waals surface area contributed by atoms with Crippen LogP contribution in [-0.2, 0) is 21.1 Å². The Morgan fingerprint density at radius 3 is 1.72 bits per heavy atom. The number of rotatable bonds is 17. The number of anilines is 2. The van der Waals surface area contributed by atoms with Crippen molar-refractivity contribution < 1.29 is 43.3 Å². The standard InChI is InChI=1S/C23H15N5O4.C22H17N5O2S.C20H12ClN9OS.C15H14N4O2/c1-12-6-5-7-13(10-12)18-25-19-17(23(31)32-2)16(11-24)20(28(19)26-18)27-21(29)14-8-3-4-9-15(14)22(27)30;1-13(28)15-7-6-8-16(11-15)25-21(29)19-18(12-23)22(27-20(19)24-14(2)26-27)30-17-9-4-3-5-10-17;21-12-6-4-5-11(9-12)17-24-18-15(16(23)31)14(10-22)19(30(18)26-17)32-20-25-27-28-29(20)13-7-2-1-3-8-13;1-10-4-3-5-11(6-10)14-17-15-13(7-16)12(9-21-20-2)8-19(15)18-14/h3-10H,1-2H3,(H,25,26);3-11H,1-2H3,(H,24,26)(H,25,29);1-9H,(H2,23,31)(H,24,26);3-6,8H,9H2,1-2H3,(H,17,18). The number of nitrogens with two attached hydrogens (primary N) is 1. The first-order chi connectivity index (χ1) is 55.7. The number of primary amides is 1. The molecule has 0 saturated heterocycles. The third-order valence-electron chi connectivity index (χ3n) is 17.7. The number of methoxy groups -OCH3 is 1. The van der Waals surface area contributed by atoms with Gasteiger partial charge in [-0.1, -0.05) is 144 Å². The predicted octanol–water partition coefficient (Wildman–Crippen LogP) is 13.2. The number of Topliss-reactive ketones (excluding diaryl/α,β-unsaturated/α-hetero) is 1. The van der Waals surface area contributed by atoms with Crippen LogP contribution in [0.5, 0.6) is 0 Å². The van der Waals surface area contributed by atoms with Crippen LogP contribution < -0.4 is 16.0 Å². The Morgan fingerprint density at radius 2 is 1.12 bits per heavy atom. The molecular weight excluding hydrogens is 1530 g/mol. The van der Waals surface area contributed by atoms with Gasteiger partial charge in [-0.2, -0.15) is 25.7 Å². The number of halogens is 1. The van der Waals surface area contributed by atoms with Gasteiger partial charge in [-0.3, -0.25) is 44.4 Å². The monoisotopic (exact) mass is 1580 g/mol. The van der Waals surface area contributed by atoms with Gasteiger partial charge in [0.15, 0.2) is 51.7 Å². The molecular formula is C80H58ClN23O9S2. The number of nitriles is 4. The normalized spacial score (nSPS) is 11.4. The van der Waals surface area contributed by atoms with Crippen LogP contribution in [0, 0.1) is 66.1 Å². The van der Waals surface area contributed by atoms with E-state index in [1.165, 1.54) is 46.6 Å². The lowest BCUT2D eigenvalue weighted by Crippen LogP contribution is -2.31. The van der Waals surface area contributed by atoms with Crippen molar-refractivity contribution >= 4 is 105 Å². The van der Waals surface area contributed by atoms with Crippen molar-refractivity contribution in [3.63, 3.8) is 0 Å². The van der Waals surface area contributed by atoms with Crippen molar-refractivity contribution in [3.8, 4) is 64.1 Å². The summed E-state index contributed by atoms with van der Waals surface area (Å²) in [5.74, 6) is -1.19. The molecule has 32 nitrogen and oxygen atoms in total. The van der Waals surface area contributed by atoms with E-state index in [9.17, 15) is 49.8 Å². The van der Waals surface area contributed by atoms with Crippen LogP contribution in [0.2, 0.25) is 5.02 Å². The lowest BCUT2D eigenvalue weighted by molar-refractivity contribution is -0.282. The second-order valence-electron chi connectivity index (χ2n) is 25.2. The molecule has 0 spiro atoms. The molecule has 0 bridgehead atoms. The van der Waals surface area contributed by atoms with Crippen molar-refractivity contribution in [2.75, 3.05) is 24.4 Å². The van der Waals surface area contributed by atoms with E-state index in [1.807, 2.05) is 135 Å². The molecule has 9 aromatic heterocycles. The van der Waals surface area contributed by atoms with Gasteiger partial charge in [0.25, 0.3) is 23.6 Å². The summed E-state index contributed by atoms with van der Waals surface area (Å²) in [6.45, 7) is 7.41. The number of ether oxygens (including phenoxy) is 1. The van der Waals surface area contributed by atoms with Crippen molar-refractivity contribution in [2.24, 2.45) is 5.73 Å². The number of benzene rings is 7. The van der Waals surface area contributed by atoms with Crippen molar-refractivity contribution in [1.29, 1.82) is 21.0 Å². The Kier molecular flexibility index (Phi) is 21.8. The Labute approximate surface area is 663 Å². The maximum atomic E-state index is 13.1. The molecule has 566 valence electrons. The summed E-state index contributed by atoms with van der Waals surface area (Å²) < 4.78 is 12.6. The number of aromatic nitrogens is 16. The fourth-order valence-electron chi connectivity index (χ4n) is 12.5. The van der Waals surface area contributed by atoms with Gasteiger partial charge >= 0.3 is 5.97 Å². The fourth-order valence-corrected chi connectivity index (χ4v) is 14.7. The number of nitrogens with one attached hydrogen (secondary N) is 5. The lowest BCUT2D eigenvalue weighted by Gasteiger charge is -2.13. The maximum absolute atomic E-state index is 13.1. The molecule has 1 aliphatic heterocycles. The molecule has 0 radical (unpaired) electrons. The van der Waals surface area contributed by atoms with Gasteiger partial charge < -0.3 is 15.8 Å². The summed E-state index contributed by atoms with van der Waals surface area (Å²) in [6, 6.07) is 62.9. The molecule has 0 aliphatic carbocycles. The molecule has 0 unspecified atom stereocenters. The zero-order valence-corrected chi connectivity index (χ0v) is 63.5. The number of carbonyl (C=O) groups excluding carboxylic acids is 6. The molecule has 0 saturated carbocycles. The van der Waals surface area contributed by atoms with Crippen molar-refractivity contribution in [2.45, 2.75) is 54.4 Å². The number of para-hydroxylation sites is 1. The maximum Gasteiger partial charge on any atom is 0.343 e. The topological polar surface area (TPSA) is 443 Å². The number of ketones is 1. The van der Waals surface area contributed by atoms with Crippen LogP contribution in [0.1, 0.15) is 114 Å². The van der Waals surface area contributed by atoms with Gasteiger partial charge in [0.1, 0.15) is 85.7 Å². The van der Waals surface area contributed by atoms with E-state index in [1.54, 1.807) is 88.9 Å². The van der Waals surface area contributed by atoms with E-state index in [-0.39, 0.29) is 74.0 Å². The number of imide groups is 1. The number of esters is 1. The molecule has 16 aromatic rings. The third kappa shape index (κ3) is 15.0. The molecule has 0 fully saturated rings. The Morgan fingerprint density at radius 1 is 0.574 bits per heavy atom. The van der Waals surface area contributed by atoms with Gasteiger partial charge in [0.2, 0.25) is 5.16 Å².